The fourth-order valence-electron chi connectivity index (χ4n) is 1.72. The molecular weight excluding hydrogens is 265 g/mol. The van der Waals surface area contributed by atoms with Crippen molar-refractivity contribution in [3.63, 3.8) is 0 Å². The molecule has 2 N–H and O–H groups in total. The third-order valence-electron chi connectivity index (χ3n) is 2.61. The average molecular weight is 278 g/mol. The summed E-state index contributed by atoms with van der Waals surface area (Å²) in [5, 5.41) is 0. The van der Waals surface area contributed by atoms with Crippen LogP contribution in [0.15, 0.2) is 0 Å². The zero-order chi connectivity index (χ0) is 14.5. The van der Waals surface area contributed by atoms with Crippen molar-refractivity contribution in [1.82, 2.24) is 4.90 Å². The Hall–Kier alpha value is -1.75. The first kappa shape index (κ1) is 15.3. The number of carbonyl (C=O) groups is 2. The molecule has 0 bridgehead atoms. The Balaban J connectivity index is 2.42. The lowest BCUT2D eigenvalue weighted by atomic mass is 10.2. The summed E-state index contributed by atoms with van der Waals surface area (Å²) in [5.41, 5.74) is 5.47. The first-order valence-corrected chi connectivity index (χ1v) is 5.59. The Morgan fingerprint density at radius 3 is 2.68 bits per heavy atom. The predicted octanol–water partition coefficient (Wildman–Crippen LogP) is 0.0450. The van der Waals surface area contributed by atoms with E-state index in [0.717, 1.165) is 12.8 Å². The van der Waals surface area contributed by atoms with Gasteiger partial charge in [-0.05, 0) is 18.8 Å². The topological polar surface area (TPSA) is 72.6 Å². The molecule has 1 heterocycles. The molecule has 1 aliphatic rings. The fourth-order valence-corrected chi connectivity index (χ4v) is 1.72. The van der Waals surface area contributed by atoms with E-state index in [9.17, 15) is 22.8 Å². The van der Waals surface area contributed by atoms with Gasteiger partial charge in [-0.3, -0.25) is 4.79 Å². The molecular formula is C11H13F3N2O3. The van der Waals surface area contributed by atoms with Crippen molar-refractivity contribution >= 4 is 11.9 Å². The Bertz CT molecular complexity index is 412. The lowest BCUT2D eigenvalue weighted by molar-refractivity contribution is -0.198. The van der Waals surface area contributed by atoms with Gasteiger partial charge in [-0.25, -0.2) is 4.79 Å². The van der Waals surface area contributed by atoms with E-state index >= 15 is 0 Å². The Labute approximate surface area is 107 Å². The molecule has 1 saturated heterocycles. The molecule has 5 nitrogen and oxygen atoms in total. The van der Waals surface area contributed by atoms with Crippen LogP contribution in [0.4, 0.5) is 13.2 Å². The highest BCUT2D eigenvalue weighted by Crippen LogP contribution is 2.16. The van der Waals surface area contributed by atoms with Crippen LogP contribution in [0.5, 0.6) is 0 Å². The first-order valence-electron chi connectivity index (χ1n) is 5.59. The average Bonchev–Trinajstić information content (AvgIpc) is 2.81. The van der Waals surface area contributed by atoms with Crippen molar-refractivity contribution in [3.8, 4) is 11.8 Å². The number of esters is 1. The summed E-state index contributed by atoms with van der Waals surface area (Å²) in [7, 11) is 0. The molecule has 1 aliphatic heterocycles. The number of ether oxygens (including phenoxy) is 1. The van der Waals surface area contributed by atoms with E-state index < -0.39 is 24.7 Å². The number of alkyl halides is 3. The van der Waals surface area contributed by atoms with Crippen LogP contribution in [-0.2, 0) is 14.3 Å². The third-order valence-corrected chi connectivity index (χ3v) is 2.61. The second-order valence-electron chi connectivity index (χ2n) is 3.91. The van der Waals surface area contributed by atoms with E-state index in [1.165, 1.54) is 4.90 Å². The van der Waals surface area contributed by atoms with E-state index in [-0.39, 0.29) is 6.04 Å². The SMILES string of the molecule is NC[C@@H]1CCCN1C(=O)C#CCOC(=O)C(F)(F)F. The molecule has 0 aromatic rings. The highest BCUT2D eigenvalue weighted by molar-refractivity contribution is 5.94. The van der Waals surface area contributed by atoms with Crippen LogP contribution in [-0.4, -0.2) is 48.7 Å². The number of halogens is 3. The Morgan fingerprint density at radius 2 is 2.11 bits per heavy atom. The van der Waals surface area contributed by atoms with Crippen molar-refractivity contribution < 1.29 is 27.5 Å². The Morgan fingerprint density at radius 1 is 1.42 bits per heavy atom. The van der Waals surface area contributed by atoms with E-state index in [4.69, 9.17) is 5.73 Å². The summed E-state index contributed by atoms with van der Waals surface area (Å²) < 4.78 is 39.1. The standard InChI is InChI=1S/C11H13F3N2O3/c12-11(13,14)10(18)19-6-2-4-9(17)16-5-1-3-8(16)7-15/h8H,1,3,5-7,15H2/t8-/m0/s1. The van der Waals surface area contributed by atoms with Gasteiger partial charge in [0.05, 0.1) is 0 Å². The molecule has 19 heavy (non-hydrogen) atoms. The molecule has 0 aliphatic carbocycles. The molecule has 0 aromatic carbocycles. The fraction of sp³-hybridized carbons (Fsp3) is 0.636. The number of hydrogen-bond acceptors (Lipinski definition) is 4. The molecule has 8 heteroatoms. The zero-order valence-electron chi connectivity index (χ0n) is 10.00. The van der Waals surface area contributed by atoms with Crippen LogP contribution >= 0.6 is 0 Å². The maximum absolute atomic E-state index is 11.8. The number of carbonyl (C=O) groups excluding carboxylic acids is 2. The molecule has 1 amide bonds. The summed E-state index contributed by atoms with van der Waals surface area (Å²) in [5.74, 6) is 1.38. The van der Waals surface area contributed by atoms with Crippen LogP contribution in [0, 0.1) is 11.8 Å². The van der Waals surface area contributed by atoms with Crippen molar-refractivity contribution in [2.24, 2.45) is 5.73 Å². The van der Waals surface area contributed by atoms with E-state index in [0.29, 0.717) is 13.1 Å². The van der Waals surface area contributed by atoms with Gasteiger partial charge in [-0.15, -0.1) is 0 Å². The molecule has 0 radical (unpaired) electrons. The molecule has 0 spiro atoms. The van der Waals surface area contributed by atoms with Gasteiger partial charge in [0.1, 0.15) is 0 Å². The van der Waals surface area contributed by atoms with Gasteiger partial charge in [-0.2, -0.15) is 13.2 Å². The van der Waals surface area contributed by atoms with E-state index in [1.807, 2.05) is 0 Å². The highest BCUT2D eigenvalue weighted by Gasteiger charge is 2.40. The van der Waals surface area contributed by atoms with Crippen LogP contribution in [0.1, 0.15) is 12.8 Å². The zero-order valence-corrected chi connectivity index (χ0v) is 10.00. The van der Waals surface area contributed by atoms with Crippen molar-refractivity contribution in [2.45, 2.75) is 25.1 Å². The van der Waals surface area contributed by atoms with Gasteiger partial charge < -0.3 is 15.4 Å². The maximum Gasteiger partial charge on any atom is 0.490 e. The van der Waals surface area contributed by atoms with E-state index in [2.05, 4.69) is 16.6 Å². The minimum absolute atomic E-state index is 0.0838. The molecule has 0 aromatic heterocycles. The number of likely N-dealkylation sites (tertiary alicyclic amines) is 1. The molecule has 0 unspecified atom stereocenters. The minimum Gasteiger partial charge on any atom is -0.446 e. The van der Waals surface area contributed by atoms with Crippen molar-refractivity contribution in [3.05, 3.63) is 0 Å². The molecule has 1 atom stereocenters. The number of rotatable bonds is 2. The summed E-state index contributed by atoms with van der Waals surface area (Å²) in [6.07, 6.45) is -3.45. The van der Waals surface area contributed by atoms with E-state index in [1.54, 1.807) is 0 Å². The van der Waals surface area contributed by atoms with Crippen LogP contribution < -0.4 is 5.73 Å². The summed E-state index contributed by atoms with van der Waals surface area (Å²) in [6.45, 7) is 0.0689. The number of nitrogens with zero attached hydrogens (tertiary/aromatic N) is 1. The predicted molar refractivity (Wildman–Crippen MR) is 58.6 cm³/mol. The lowest BCUT2D eigenvalue weighted by Gasteiger charge is -2.20. The lowest BCUT2D eigenvalue weighted by Crippen LogP contribution is -2.39. The van der Waals surface area contributed by atoms with Crippen molar-refractivity contribution in [1.29, 1.82) is 0 Å². The number of hydrogen-bond donors (Lipinski definition) is 1. The molecule has 1 fully saturated rings. The monoisotopic (exact) mass is 278 g/mol. The molecule has 106 valence electrons. The summed E-state index contributed by atoms with van der Waals surface area (Å²) in [4.78, 5) is 23.4. The minimum atomic E-state index is -5.05. The van der Waals surface area contributed by atoms with Crippen LogP contribution in [0.2, 0.25) is 0 Å². The van der Waals surface area contributed by atoms with Gasteiger partial charge in [0.15, 0.2) is 6.61 Å². The third kappa shape index (κ3) is 4.44. The van der Waals surface area contributed by atoms with Gasteiger partial charge in [-0.1, -0.05) is 5.92 Å². The highest BCUT2D eigenvalue weighted by atomic mass is 19.4. The van der Waals surface area contributed by atoms with Gasteiger partial charge in [0.25, 0.3) is 5.91 Å². The largest absolute Gasteiger partial charge is 0.490 e. The van der Waals surface area contributed by atoms with Crippen LogP contribution in [0.25, 0.3) is 0 Å². The smallest absolute Gasteiger partial charge is 0.446 e. The summed E-state index contributed by atoms with van der Waals surface area (Å²) >= 11 is 0. The van der Waals surface area contributed by atoms with Gasteiger partial charge >= 0.3 is 12.1 Å². The second kappa shape index (κ2) is 6.43. The van der Waals surface area contributed by atoms with Crippen molar-refractivity contribution in [2.75, 3.05) is 19.7 Å². The second-order valence-corrected chi connectivity index (χ2v) is 3.91. The number of nitrogens with two attached hydrogens (primary N) is 1. The quantitative estimate of drug-likeness (QED) is 0.572. The Kier molecular flexibility index (Phi) is 5.18. The van der Waals surface area contributed by atoms with Crippen LogP contribution in [0.3, 0.4) is 0 Å². The first-order chi connectivity index (χ1) is 8.86. The normalized spacial score (nSPS) is 18.7. The van der Waals surface area contributed by atoms with Gasteiger partial charge in [0, 0.05) is 19.1 Å². The maximum atomic E-state index is 11.8. The molecule has 0 saturated carbocycles. The summed E-state index contributed by atoms with van der Waals surface area (Å²) in [6, 6.07) is -0.0838. The molecule has 1 rings (SSSR count). The van der Waals surface area contributed by atoms with Gasteiger partial charge in [0.2, 0.25) is 0 Å². The number of amides is 1.